The van der Waals surface area contributed by atoms with Gasteiger partial charge in [-0.25, -0.2) is 9.59 Å². The summed E-state index contributed by atoms with van der Waals surface area (Å²) in [6.07, 6.45) is 0.901. The van der Waals surface area contributed by atoms with E-state index >= 15 is 0 Å². The van der Waals surface area contributed by atoms with Crippen LogP contribution in [0, 0.1) is 11.3 Å². The van der Waals surface area contributed by atoms with E-state index < -0.39 is 5.97 Å². The number of nitriles is 1. The molecule has 9 heteroatoms. The molecule has 3 rings (SSSR count). The van der Waals surface area contributed by atoms with Crippen LogP contribution in [0.1, 0.15) is 41.3 Å². The van der Waals surface area contributed by atoms with Crippen molar-refractivity contribution < 1.29 is 23.9 Å². The number of nitrogens with zero attached hydrogens (tertiary/aromatic N) is 2. The van der Waals surface area contributed by atoms with Crippen molar-refractivity contribution in [3.05, 3.63) is 65.2 Å². The minimum Gasteiger partial charge on any atom is -0.452 e. The van der Waals surface area contributed by atoms with E-state index in [4.69, 9.17) is 14.7 Å². The third-order valence-corrected chi connectivity index (χ3v) is 6.45. The average molecular weight is 482 g/mol. The van der Waals surface area contributed by atoms with Gasteiger partial charge in [0.2, 0.25) is 0 Å². The van der Waals surface area contributed by atoms with Crippen molar-refractivity contribution in [3.63, 3.8) is 0 Å². The molecular formula is C25H27N3O5S. The number of benzene rings is 2. The van der Waals surface area contributed by atoms with Crippen molar-refractivity contribution >= 4 is 29.7 Å². The number of amides is 2. The van der Waals surface area contributed by atoms with Crippen molar-refractivity contribution in [1.29, 1.82) is 5.26 Å². The third kappa shape index (κ3) is 7.25. The lowest BCUT2D eigenvalue weighted by Crippen LogP contribution is -2.47. The molecule has 1 saturated heterocycles. The monoisotopic (exact) mass is 481 g/mol. The lowest BCUT2D eigenvalue weighted by atomic mass is 10.1. The molecule has 1 aliphatic heterocycles. The van der Waals surface area contributed by atoms with Gasteiger partial charge in [0.25, 0.3) is 5.91 Å². The Hall–Kier alpha value is -3.51. The molecule has 1 N–H and O–H groups in total. The zero-order valence-corrected chi connectivity index (χ0v) is 19.8. The lowest BCUT2D eigenvalue weighted by Gasteiger charge is -2.31. The summed E-state index contributed by atoms with van der Waals surface area (Å²) >= 11 is 1.48. The van der Waals surface area contributed by atoms with Gasteiger partial charge in [0.1, 0.15) is 0 Å². The quantitative estimate of drug-likeness (QED) is 0.452. The summed E-state index contributed by atoms with van der Waals surface area (Å²) < 4.78 is 10.3. The van der Waals surface area contributed by atoms with Crippen LogP contribution in [-0.2, 0) is 20.0 Å². The highest BCUT2D eigenvalue weighted by Gasteiger charge is 2.25. The predicted molar refractivity (Wildman–Crippen MR) is 127 cm³/mol. The highest BCUT2D eigenvalue weighted by molar-refractivity contribution is 7.98. The summed E-state index contributed by atoms with van der Waals surface area (Å²) in [6.45, 7) is 2.74. The van der Waals surface area contributed by atoms with Gasteiger partial charge in [-0.2, -0.15) is 5.26 Å². The number of nitrogens with one attached hydrogen (secondary N) is 1. The molecule has 0 atom stereocenters. The molecular weight excluding hydrogens is 454 g/mol. The van der Waals surface area contributed by atoms with Crippen LogP contribution in [0.5, 0.6) is 0 Å². The van der Waals surface area contributed by atoms with Gasteiger partial charge in [0.15, 0.2) is 6.61 Å². The van der Waals surface area contributed by atoms with E-state index in [2.05, 4.69) is 11.4 Å². The number of hydrogen-bond acceptors (Lipinski definition) is 7. The fourth-order valence-electron chi connectivity index (χ4n) is 3.50. The number of esters is 1. The molecule has 2 aromatic carbocycles. The first-order chi connectivity index (χ1) is 16.5. The van der Waals surface area contributed by atoms with Gasteiger partial charge in [-0.15, -0.1) is 11.8 Å². The standard InChI is InChI=1S/C25H27N3O5S/c1-2-32-25(31)28-13-11-20(12-14-28)27-23(29)16-33-24(30)21-5-3-4-6-22(21)34-17-19-9-7-18(15-26)8-10-19/h3-10,20H,2,11-14,16-17H2,1H3,(H,27,29). The normalized spacial score (nSPS) is 13.6. The largest absolute Gasteiger partial charge is 0.452 e. The average Bonchev–Trinajstić information content (AvgIpc) is 2.87. The fourth-order valence-corrected chi connectivity index (χ4v) is 4.49. The van der Waals surface area contributed by atoms with Gasteiger partial charge in [-0.3, -0.25) is 4.79 Å². The van der Waals surface area contributed by atoms with Crippen molar-refractivity contribution in [2.75, 3.05) is 26.3 Å². The van der Waals surface area contributed by atoms with Gasteiger partial charge in [-0.1, -0.05) is 24.3 Å². The lowest BCUT2D eigenvalue weighted by molar-refractivity contribution is -0.125. The molecule has 8 nitrogen and oxygen atoms in total. The summed E-state index contributed by atoms with van der Waals surface area (Å²) in [4.78, 5) is 39.1. The molecule has 178 valence electrons. The first-order valence-electron chi connectivity index (χ1n) is 11.1. The Morgan fingerprint density at radius 1 is 1.09 bits per heavy atom. The van der Waals surface area contributed by atoms with E-state index in [0.717, 1.165) is 10.5 Å². The van der Waals surface area contributed by atoms with Gasteiger partial charge < -0.3 is 19.7 Å². The van der Waals surface area contributed by atoms with Gasteiger partial charge >= 0.3 is 12.1 Å². The van der Waals surface area contributed by atoms with Crippen molar-refractivity contribution in [2.45, 2.75) is 36.5 Å². The van der Waals surface area contributed by atoms with E-state index in [1.807, 2.05) is 24.3 Å². The number of piperidine rings is 1. The Labute approximate surface area is 203 Å². The predicted octanol–water partition coefficient (Wildman–Crippen LogP) is 3.74. The molecule has 0 bridgehead atoms. The summed E-state index contributed by atoms with van der Waals surface area (Å²) in [6, 6.07) is 16.4. The SMILES string of the molecule is CCOC(=O)N1CCC(NC(=O)COC(=O)c2ccccc2SCc2ccc(C#N)cc2)CC1. The Morgan fingerprint density at radius 3 is 2.47 bits per heavy atom. The summed E-state index contributed by atoms with van der Waals surface area (Å²) in [7, 11) is 0. The van der Waals surface area contributed by atoms with Crippen LogP contribution >= 0.6 is 11.8 Å². The summed E-state index contributed by atoms with van der Waals surface area (Å²) in [5, 5.41) is 11.8. The summed E-state index contributed by atoms with van der Waals surface area (Å²) in [5.41, 5.74) is 2.03. The number of carbonyl (C=O) groups excluding carboxylic acids is 3. The summed E-state index contributed by atoms with van der Waals surface area (Å²) in [5.74, 6) is -0.304. The second-order valence-corrected chi connectivity index (χ2v) is 8.71. The topological polar surface area (TPSA) is 109 Å². The number of rotatable bonds is 8. The van der Waals surface area contributed by atoms with E-state index in [0.29, 0.717) is 49.4 Å². The van der Waals surface area contributed by atoms with Crippen LogP contribution in [0.2, 0.25) is 0 Å². The minimum absolute atomic E-state index is 0.0767. The number of hydrogen-bond donors (Lipinski definition) is 1. The smallest absolute Gasteiger partial charge is 0.409 e. The molecule has 0 aliphatic carbocycles. The molecule has 1 fully saturated rings. The van der Waals surface area contributed by atoms with Crippen LogP contribution in [0.3, 0.4) is 0 Å². The van der Waals surface area contributed by atoms with Crippen molar-refractivity contribution in [1.82, 2.24) is 10.2 Å². The molecule has 2 aromatic rings. The molecule has 1 heterocycles. The highest BCUT2D eigenvalue weighted by Crippen LogP contribution is 2.27. The second kappa shape index (κ2) is 12.7. The highest BCUT2D eigenvalue weighted by atomic mass is 32.2. The molecule has 0 saturated carbocycles. The van der Waals surface area contributed by atoms with Gasteiger partial charge in [-0.05, 0) is 49.6 Å². The zero-order valence-electron chi connectivity index (χ0n) is 19.0. The first-order valence-corrected chi connectivity index (χ1v) is 12.1. The van der Waals surface area contributed by atoms with E-state index in [1.165, 1.54) is 11.8 Å². The van der Waals surface area contributed by atoms with Crippen LogP contribution in [0.25, 0.3) is 0 Å². The van der Waals surface area contributed by atoms with Crippen LogP contribution in [0.4, 0.5) is 4.79 Å². The van der Waals surface area contributed by atoms with Crippen molar-refractivity contribution in [3.8, 4) is 6.07 Å². The maximum absolute atomic E-state index is 12.6. The van der Waals surface area contributed by atoms with Gasteiger partial charge in [0, 0.05) is 29.8 Å². The Morgan fingerprint density at radius 2 is 1.79 bits per heavy atom. The van der Waals surface area contributed by atoms with Crippen LogP contribution in [0.15, 0.2) is 53.4 Å². The van der Waals surface area contributed by atoms with Crippen LogP contribution < -0.4 is 5.32 Å². The van der Waals surface area contributed by atoms with Gasteiger partial charge in [0.05, 0.1) is 23.8 Å². The minimum atomic E-state index is -0.560. The Bertz CT molecular complexity index is 1040. The molecule has 1 aliphatic rings. The van der Waals surface area contributed by atoms with E-state index in [1.54, 1.807) is 36.1 Å². The van der Waals surface area contributed by atoms with E-state index in [9.17, 15) is 14.4 Å². The fraction of sp³-hybridized carbons (Fsp3) is 0.360. The number of carbonyl (C=O) groups is 3. The molecule has 34 heavy (non-hydrogen) atoms. The van der Waals surface area contributed by atoms with E-state index in [-0.39, 0.29) is 24.6 Å². The Balaban J connectivity index is 1.46. The number of likely N-dealkylation sites (tertiary alicyclic amines) is 1. The Kier molecular flexibility index (Phi) is 9.35. The maximum atomic E-state index is 12.6. The second-order valence-electron chi connectivity index (χ2n) is 7.70. The molecule has 0 radical (unpaired) electrons. The number of thioether (sulfide) groups is 1. The maximum Gasteiger partial charge on any atom is 0.409 e. The molecule has 0 unspecified atom stereocenters. The first kappa shape index (κ1) is 25.1. The zero-order chi connectivity index (χ0) is 24.3. The molecule has 0 spiro atoms. The molecule has 0 aromatic heterocycles. The van der Waals surface area contributed by atoms with Crippen LogP contribution in [-0.4, -0.2) is 55.2 Å². The molecule has 2 amide bonds. The third-order valence-electron chi connectivity index (χ3n) is 5.30. The van der Waals surface area contributed by atoms with Crippen molar-refractivity contribution in [2.24, 2.45) is 0 Å². The number of ether oxygens (including phenoxy) is 2.